The SMILES string of the molecule is Cc1ccc(C(F)F)c(=O)[nH]1. The normalized spacial score (nSPS) is 10.5. The fourth-order valence-electron chi connectivity index (χ4n) is 0.755. The maximum absolute atomic E-state index is 11.9. The molecule has 0 aliphatic heterocycles. The number of alkyl halides is 2. The molecule has 1 heterocycles. The zero-order valence-corrected chi connectivity index (χ0v) is 5.90. The summed E-state index contributed by atoms with van der Waals surface area (Å²) in [6, 6.07) is 2.59. The molecule has 11 heavy (non-hydrogen) atoms. The molecular formula is C7H7F2NO. The molecule has 0 fully saturated rings. The highest BCUT2D eigenvalue weighted by molar-refractivity contribution is 5.14. The predicted octanol–water partition coefficient (Wildman–Crippen LogP) is 1.62. The topological polar surface area (TPSA) is 32.9 Å². The lowest BCUT2D eigenvalue weighted by molar-refractivity contribution is 0.149. The minimum absolute atomic E-state index is 0.476. The van der Waals surface area contributed by atoms with Crippen molar-refractivity contribution in [1.29, 1.82) is 0 Å². The lowest BCUT2D eigenvalue weighted by Crippen LogP contribution is -2.12. The average molecular weight is 159 g/mol. The van der Waals surface area contributed by atoms with Gasteiger partial charge in [-0.3, -0.25) is 4.79 Å². The third-order valence-corrected chi connectivity index (χ3v) is 1.32. The van der Waals surface area contributed by atoms with E-state index in [-0.39, 0.29) is 0 Å². The summed E-state index contributed by atoms with van der Waals surface area (Å²) < 4.78 is 23.9. The molecule has 4 heteroatoms. The number of halogens is 2. The number of hydrogen-bond acceptors (Lipinski definition) is 1. The van der Waals surface area contributed by atoms with Gasteiger partial charge >= 0.3 is 0 Å². The van der Waals surface area contributed by atoms with Crippen LogP contribution in [0.4, 0.5) is 8.78 Å². The van der Waals surface area contributed by atoms with Crippen LogP contribution in [0.15, 0.2) is 16.9 Å². The van der Waals surface area contributed by atoms with E-state index in [0.717, 1.165) is 6.07 Å². The molecule has 1 N–H and O–H groups in total. The van der Waals surface area contributed by atoms with Gasteiger partial charge in [-0.1, -0.05) is 0 Å². The Balaban J connectivity index is 3.21. The highest BCUT2D eigenvalue weighted by atomic mass is 19.3. The average Bonchev–Trinajstić information content (AvgIpc) is 1.85. The first-order chi connectivity index (χ1) is 5.11. The number of pyridine rings is 1. The number of hydrogen-bond donors (Lipinski definition) is 1. The van der Waals surface area contributed by atoms with Gasteiger partial charge in [0.05, 0.1) is 5.56 Å². The fraction of sp³-hybridized carbons (Fsp3) is 0.286. The molecule has 0 radical (unpaired) electrons. The van der Waals surface area contributed by atoms with E-state index in [1.54, 1.807) is 6.92 Å². The van der Waals surface area contributed by atoms with Crippen molar-refractivity contribution >= 4 is 0 Å². The molecule has 1 rings (SSSR count). The number of H-pyrrole nitrogens is 1. The Labute approximate surface area is 61.9 Å². The van der Waals surface area contributed by atoms with E-state index < -0.39 is 17.5 Å². The largest absolute Gasteiger partial charge is 0.326 e. The Hall–Kier alpha value is -1.19. The van der Waals surface area contributed by atoms with E-state index in [4.69, 9.17) is 0 Å². The van der Waals surface area contributed by atoms with Gasteiger partial charge in [0.2, 0.25) is 0 Å². The number of aromatic nitrogens is 1. The molecule has 0 aliphatic rings. The van der Waals surface area contributed by atoms with Gasteiger partial charge in [-0.25, -0.2) is 8.78 Å². The van der Waals surface area contributed by atoms with Crippen molar-refractivity contribution in [2.75, 3.05) is 0 Å². The molecule has 60 valence electrons. The monoisotopic (exact) mass is 159 g/mol. The number of aryl methyl sites for hydroxylation is 1. The Kier molecular flexibility index (Phi) is 2.03. The molecule has 0 aromatic carbocycles. The molecule has 0 spiro atoms. The standard InChI is InChI=1S/C7H7F2NO/c1-4-2-3-5(6(8)9)7(11)10-4/h2-3,6H,1H3,(H,10,11). The second-order valence-electron chi connectivity index (χ2n) is 2.23. The van der Waals surface area contributed by atoms with Crippen molar-refractivity contribution in [3.8, 4) is 0 Å². The van der Waals surface area contributed by atoms with Gasteiger partial charge in [0.1, 0.15) is 0 Å². The van der Waals surface area contributed by atoms with Gasteiger partial charge in [0.25, 0.3) is 12.0 Å². The van der Waals surface area contributed by atoms with E-state index in [1.807, 2.05) is 0 Å². The Bertz CT molecular complexity index is 306. The first-order valence-corrected chi connectivity index (χ1v) is 3.09. The molecule has 2 nitrogen and oxygen atoms in total. The summed E-state index contributed by atoms with van der Waals surface area (Å²) in [6.45, 7) is 1.64. The van der Waals surface area contributed by atoms with Crippen LogP contribution in [0.5, 0.6) is 0 Å². The summed E-state index contributed by atoms with van der Waals surface area (Å²) >= 11 is 0. The van der Waals surface area contributed by atoms with Crippen LogP contribution in [0.25, 0.3) is 0 Å². The maximum atomic E-state index is 11.9. The van der Waals surface area contributed by atoms with Crippen LogP contribution in [-0.2, 0) is 0 Å². The second kappa shape index (κ2) is 2.82. The summed E-state index contributed by atoms with van der Waals surface area (Å²) in [7, 11) is 0. The molecule has 0 unspecified atom stereocenters. The zero-order valence-electron chi connectivity index (χ0n) is 5.90. The summed E-state index contributed by atoms with van der Waals surface area (Å²) in [5.74, 6) is 0. The van der Waals surface area contributed by atoms with E-state index in [2.05, 4.69) is 4.98 Å². The van der Waals surface area contributed by atoms with Crippen LogP contribution in [0, 0.1) is 6.92 Å². The highest BCUT2D eigenvalue weighted by Gasteiger charge is 2.10. The Morgan fingerprint density at radius 3 is 2.55 bits per heavy atom. The van der Waals surface area contributed by atoms with Crippen molar-refractivity contribution in [3.63, 3.8) is 0 Å². The van der Waals surface area contributed by atoms with Gasteiger partial charge in [0.15, 0.2) is 0 Å². The van der Waals surface area contributed by atoms with E-state index in [0.29, 0.717) is 5.69 Å². The smallest absolute Gasteiger partial charge is 0.269 e. The molecule has 0 saturated heterocycles. The quantitative estimate of drug-likeness (QED) is 0.663. The Morgan fingerprint density at radius 1 is 1.45 bits per heavy atom. The van der Waals surface area contributed by atoms with Crippen LogP contribution in [0.1, 0.15) is 17.7 Å². The zero-order chi connectivity index (χ0) is 8.43. The first kappa shape index (κ1) is 7.91. The number of nitrogens with one attached hydrogen (secondary N) is 1. The van der Waals surface area contributed by atoms with Crippen molar-refractivity contribution < 1.29 is 8.78 Å². The summed E-state index contributed by atoms with van der Waals surface area (Å²) in [5, 5.41) is 0. The molecule has 0 amide bonds. The van der Waals surface area contributed by atoms with Crippen LogP contribution in [-0.4, -0.2) is 4.98 Å². The summed E-state index contributed by atoms with van der Waals surface area (Å²) in [4.78, 5) is 13.0. The second-order valence-corrected chi connectivity index (χ2v) is 2.23. The number of aromatic amines is 1. The molecular weight excluding hydrogens is 152 g/mol. The molecule has 0 atom stereocenters. The maximum Gasteiger partial charge on any atom is 0.269 e. The molecule has 0 saturated carbocycles. The van der Waals surface area contributed by atoms with E-state index >= 15 is 0 Å². The fourth-order valence-corrected chi connectivity index (χ4v) is 0.755. The predicted molar refractivity (Wildman–Crippen MR) is 36.8 cm³/mol. The summed E-state index contributed by atoms with van der Waals surface area (Å²) in [5.41, 5.74) is -0.602. The molecule has 1 aromatic rings. The lowest BCUT2D eigenvalue weighted by atomic mass is 10.2. The van der Waals surface area contributed by atoms with Crippen LogP contribution >= 0.6 is 0 Å². The van der Waals surface area contributed by atoms with Crippen LogP contribution < -0.4 is 5.56 Å². The molecule has 0 bridgehead atoms. The van der Waals surface area contributed by atoms with Crippen LogP contribution in [0.3, 0.4) is 0 Å². The molecule has 1 aromatic heterocycles. The number of rotatable bonds is 1. The van der Waals surface area contributed by atoms with E-state index in [9.17, 15) is 13.6 Å². The minimum Gasteiger partial charge on any atom is -0.326 e. The van der Waals surface area contributed by atoms with Gasteiger partial charge in [-0.2, -0.15) is 0 Å². The van der Waals surface area contributed by atoms with Crippen molar-refractivity contribution in [3.05, 3.63) is 33.7 Å². The van der Waals surface area contributed by atoms with Crippen molar-refractivity contribution in [1.82, 2.24) is 4.98 Å². The molecule has 0 aliphatic carbocycles. The first-order valence-electron chi connectivity index (χ1n) is 3.09. The van der Waals surface area contributed by atoms with Crippen molar-refractivity contribution in [2.24, 2.45) is 0 Å². The lowest BCUT2D eigenvalue weighted by Gasteiger charge is -1.97. The highest BCUT2D eigenvalue weighted by Crippen LogP contribution is 2.13. The third kappa shape index (κ3) is 1.63. The Morgan fingerprint density at radius 2 is 2.09 bits per heavy atom. The van der Waals surface area contributed by atoms with Gasteiger partial charge < -0.3 is 4.98 Å². The summed E-state index contributed by atoms with van der Waals surface area (Å²) in [6.07, 6.45) is -2.70. The third-order valence-electron chi connectivity index (χ3n) is 1.32. The van der Waals surface area contributed by atoms with Crippen LogP contribution in [0.2, 0.25) is 0 Å². The van der Waals surface area contributed by atoms with Crippen molar-refractivity contribution in [2.45, 2.75) is 13.3 Å². The van der Waals surface area contributed by atoms with Gasteiger partial charge in [-0.15, -0.1) is 0 Å². The minimum atomic E-state index is -2.70. The van der Waals surface area contributed by atoms with E-state index in [1.165, 1.54) is 6.07 Å². The van der Waals surface area contributed by atoms with Gasteiger partial charge in [-0.05, 0) is 19.1 Å². The van der Waals surface area contributed by atoms with Gasteiger partial charge in [0, 0.05) is 5.69 Å².